The molecule has 49 heavy (non-hydrogen) atoms. The number of hydrogen-bond donors (Lipinski definition) is 2. The third-order valence-electron chi connectivity index (χ3n) is 8.47. The molecule has 2 atom stereocenters. The molecule has 260 valence electrons. The number of aromatic nitrogens is 1. The van der Waals surface area contributed by atoms with E-state index in [1.54, 1.807) is 6.08 Å². The second kappa shape index (κ2) is 13.3. The van der Waals surface area contributed by atoms with Gasteiger partial charge in [-0.05, 0) is 91.3 Å². The van der Waals surface area contributed by atoms with E-state index in [-0.39, 0.29) is 56.0 Å². The predicted molar refractivity (Wildman–Crippen MR) is 174 cm³/mol. The molecular weight excluding hydrogens is 688 g/mol. The van der Waals surface area contributed by atoms with E-state index in [0.717, 1.165) is 18.6 Å². The molecule has 16 heteroatoms. The minimum absolute atomic E-state index is 0.00858. The van der Waals surface area contributed by atoms with Crippen LogP contribution in [-0.4, -0.2) is 64.5 Å². The summed E-state index contributed by atoms with van der Waals surface area (Å²) in [5, 5.41) is 4.94. The Labute approximate surface area is 280 Å². The molecule has 0 aliphatic heterocycles. The Bertz CT molecular complexity index is 2100. The van der Waals surface area contributed by atoms with Gasteiger partial charge in [0.05, 0.1) is 27.5 Å². The zero-order valence-electron chi connectivity index (χ0n) is 26.5. The second-order valence-corrected chi connectivity index (χ2v) is 15.9. The van der Waals surface area contributed by atoms with Gasteiger partial charge in [-0.2, -0.15) is 13.2 Å². The van der Waals surface area contributed by atoms with Gasteiger partial charge in [0.25, 0.3) is 5.91 Å². The van der Waals surface area contributed by atoms with Crippen molar-refractivity contribution in [1.29, 1.82) is 0 Å². The molecule has 1 heterocycles. The maximum Gasteiger partial charge on any atom is 0.416 e. The molecule has 0 spiro atoms. The first-order valence-electron chi connectivity index (χ1n) is 14.9. The van der Waals surface area contributed by atoms with Crippen LogP contribution >= 0.6 is 0 Å². The number of nitrogens with one attached hydrogen (secondary N) is 2. The molecule has 1 saturated carbocycles. The molecule has 0 bridgehead atoms. The standard InChI is InChI=1S/C33H32F3N3O8S2/c1-19-26(30(40)37-21-6-10-23(11-7-21)48(2,43)44)18-39(29(19)28-25-14-4-20(25)5-15-27(28)33(34,35)36)16-17-47-32(42)31(41)38-22-8-12-24(13-9-22)49(3,45)46/h5-13,15,18,20,25H,4,14,16-17H2,1-3H3,(H,37,40)(H,38,41). The van der Waals surface area contributed by atoms with Gasteiger partial charge in [0.2, 0.25) is 0 Å². The Balaban J connectivity index is 1.40. The van der Waals surface area contributed by atoms with E-state index in [0.29, 0.717) is 12.8 Å². The Hall–Kier alpha value is -4.70. The van der Waals surface area contributed by atoms with Crippen LogP contribution in [0.2, 0.25) is 0 Å². The van der Waals surface area contributed by atoms with Crippen molar-refractivity contribution >= 4 is 54.4 Å². The predicted octanol–water partition coefficient (Wildman–Crippen LogP) is 4.95. The Morgan fingerprint density at radius 2 is 1.43 bits per heavy atom. The number of fused-ring (bicyclic) bond motifs is 1. The smallest absolute Gasteiger partial charge is 0.416 e. The molecule has 1 aromatic heterocycles. The summed E-state index contributed by atoms with van der Waals surface area (Å²) in [5.41, 5.74) is 0.0285. The highest BCUT2D eigenvalue weighted by molar-refractivity contribution is 7.91. The lowest BCUT2D eigenvalue weighted by molar-refractivity contribution is -0.152. The van der Waals surface area contributed by atoms with Crippen molar-refractivity contribution in [1.82, 2.24) is 4.57 Å². The lowest BCUT2D eigenvalue weighted by Crippen LogP contribution is -2.32. The first kappa shape index (κ1) is 35.6. The summed E-state index contributed by atoms with van der Waals surface area (Å²) in [6, 6.07) is 10.5. The van der Waals surface area contributed by atoms with Crippen LogP contribution in [0.25, 0.3) is 5.57 Å². The van der Waals surface area contributed by atoms with Crippen LogP contribution in [0, 0.1) is 18.8 Å². The van der Waals surface area contributed by atoms with E-state index < -0.39 is 61.7 Å². The third-order valence-corrected chi connectivity index (χ3v) is 10.7. The van der Waals surface area contributed by atoms with E-state index in [4.69, 9.17) is 4.74 Å². The number of nitrogens with zero attached hydrogens (tertiary/aromatic N) is 1. The van der Waals surface area contributed by atoms with Gasteiger partial charge in [0.1, 0.15) is 6.61 Å². The molecule has 2 aromatic carbocycles. The molecule has 3 aromatic rings. The number of halogens is 3. The fraction of sp³-hybridized carbons (Fsp3) is 0.303. The molecule has 2 amide bonds. The van der Waals surface area contributed by atoms with E-state index in [9.17, 15) is 44.4 Å². The number of sulfone groups is 2. The number of carbonyl (C=O) groups is 3. The summed E-state index contributed by atoms with van der Waals surface area (Å²) in [7, 11) is -6.97. The number of rotatable bonds is 9. The van der Waals surface area contributed by atoms with Crippen LogP contribution < -0.4 is 10.6 Å². The second-order valence-electron chi connectivity index (χ2n) is 11.9. The van der Waals surface area contributed by atoms with Crippen molar-refractivity contribution in [2.24, 2.45) is 11.8 Å². The van der Waals surface area contributed by atoms with Crippen LogP contribution in [0.15, 0.2) is 82.2 Å². The van der Waals surface area contributed by atoms with Crippen molar-refractivity contribution in [3.8, 4) is 0 Å². The fourth-order valence-electron chi connectivity index (χ4n) is 5.85. The quantitative estimate of drug-likeness (QED) is 0.232. The molecule has 1 fully saturated rings. The number of anilines is 2. The number of ether oxygens (including phenoxy) is 1. The van der Waals surface area contributed by atoms with E-state index in [1.807, 2.05) is 0 Å². The first-order chi connectivity index (χ1) is 22.8. The number of alkyl halides is 3. The van der Waals surface area contributed by atoms with Crippen molar-refractivity contribution in [2.75, 3.05) is 29.8 Å². The number of allylic oxidation sites excluding steroid dienone is 4. The van der Waals surface area contributed by atoms with Crippen molar-refractivity contribution in [2.45, 2.75) is 42.3 Å². The Morgan fingerprint density at radius 3 is 1.92 bits per heavy atom. The number of hydrogen-bond acceptors (Lipinski definition) is 8. The molecule has 0 radical (unpaired) electrons. The largest absolute Gasteiger partial charge is 0.457 e. The van der Waals surface area contributed by atoms with Crippen molar-refractivity contribution < 1.29 is 49.1 Å². The topological polar surface area (TPSA) is 158 Å². The molecular formula is C33H32F3N3O8S2. The van der Waals surface area contributed by atoms with Gasteiger partial charge in [-0.15, -0.1) is 0 Å². The molecule has 11 nitrogen and oxygen atoms in total. The third kappa shape index (κ3) is 7.80. The zero-order valence-corrected chi connectivity index (χ0v) is 28.1. The van der Waals surface area contributed by atoms with E-state index >= 15 is 0 Å². The van der Waals surface area contributed by atoms with Gasteiger partial charge < -0.3 is 19.9 Å². The minimum Gasteiger partial charge on any atom is -0.457 e. The summed E-state index contributed by atoms with van der Waals surface area (Å²) >= 11 is 0. The average molecular weight is 720 g/mol. The SMILES string of the molecule is Cc1c(C(=O)Nc2ccc(S(C)(=O)=O)cc2)cn(CCOC(=O)C(=O)Nc2ccc(S(C)(=O)=O)cc2)c1C1=C(C(F)(F)F)C=CC2CCC12. The van der Waals surface area contributed by atoms with Gasteiger partial charge in [-0.25, -0.2) is 21.6 Å². The van der Waals surface area contributed by atoms with Gasteiger partial charge in [0.15, 0.2) is 19.7 Å². The van der Waals surface area contributed by atoms with Crippen molar-refractivity contribution in [3.63, 3.8) is 0 Å². The maximum atomic E-state index is 14.4. The number of carbonyl (C=O) groups excluding carboxylic acids is 3. The summed E-state index contributed by atoms with van der Waals surface area (Å²) < 4.78 is 96.5. The zero-order chi connectivity index (χ0) is 35.9. The minimum atomic E-state index is -4.69. The number of benzene rings is 2. The molecule has 2 aliphatic carbocycles. The van der Waals surface area contributed by atoms with Crippen LogP contribution in [0.1, 0.15) is 34.5 Å². The summed E-state index contributed by atoms with van der Waals surface area (Å²) in [6.07, 6.45) is 2.53. The van der Waals surface area contributed by atoms with Crippen LogP contribution in [0.3, 0.4) is 0 Å². The number of esters is 1. The van der Waals surface area contributed by atoms with Crippen molar-refractivity contribution in [3.05, 3.63) is 89.3 Å². The molecule has 2 unspecified atom stereocenters. The average Bonchev–Trinajstić information content (AvgIpc) is 3.31. The van der Waals surface area contributed by atoms with Crippen LogP contribution in [-0.2, 0) is 40.5 Å². The molecule has 0 saturated heterocycles. The Morgan fingerprint density at radius 1 is 0.878 bits per heavy atom. The fourth-order valence-corrected chi connectivity index (χ4v) is 7.11. The lowest BCUT2D eigenvalue weighted by Gasteiger charge is -2.41. The van der Waals surface area contributed by atoms with E-state index in [2.05, 4.69) is 10.6 Å². The van der Waals surface area contributed by atoms with Gasteiger partial charge in [-0.3, -0.25) is 9.59 Å². The highest BCUT2D eigenvalue weighted by Gasteiger charge is 2.45. The first-order valence-corrected chi connectivity index (χ1v) is 18.7. The molecule has 2 N–H and O–H groups in total. The van der Waals surface area contributed by atoms with Gasteiger partial charge in [-0.1, -0.05) is 12.2 Å². The Kier molecular flexibility index (Phi) is 9.67. The summed E-state index contributed by atoms with van der Waals surface area (Å²) in [5.74, 6) is -3.66. The highest BCUT2D eigenvalue weighted by Crippen LogP contribution is 2.52. The maximum absolute atomic E-state index is 14.4. The van der Waals surface area contributed by atoms with Gasteiger partial charge >= 0.3 is 18.1 Å². The van der Waals surface area contributed by atoms with Crippen LogP contribution in [0.4, 0.5) is 24.5 Å². The van der Waals surface area contributed by atoms with Gasteiger partial charge in [0, 0.05) is 35.8 Å². The summed E-state index contributed by atoms with van der Waals surface area (Å²) in [4.78, 5) is 38.5. The lowest BCUT2D eigenvalue weighted by atomic mass is 9.64. The monoisotopic (exact) mass is 719 g/mol. The number of amides is 2. The van der Waals surface area contributed by atoms with E-state index in [1.165, 1.54) is 66.2 Å². The highest BCUT2D eigenvalue weighted by atomic mass is 32.2. The van der Waals surface area contributed by atoms with Crippen LogP contribution in [0.5, 0.6) is 0 Å². The normalized spacial score (nSPS) is 17.6. The molecule has 2 aliphatic rings. The molecule has 5 rings (SSSR count). The summed E-state index contributed by atoms with van der Waals surface area (Å²) in [6.45, 7) is 0.881.